The second-order valence-corrected chi connectivity index (χ2v) is 14.7. The van der Waals surface area contributed by atoms with Gasteiger partial charge in [-0.05, 0) is 76.9 Å². The molecule has 0 aliphatic carbocycles. The number of unbranched alkanes of at least 4 members (excludes halogenated alkanes) is 16. The minimum absolute atomic E-state index is 0.977. The summed E-state index contributed by atoms with van der Waals surface area (Å²) in [5.74, 6) is 1.98. The summed E-state index contributed by atoms with van der Waals surface area (Å²) in [6, 6.07) is 0. The smallest absolute Gasteiger partial charge is 0.00217 e. The third-order valence-corrected chi connectivity index (χ3v) is 10.2. The molecule has 1 heteroatoms. The summed E-state index contributed by atoms with van der Waals surface area (Å²) in [5, 5.41) is 0. The zero-order chi connectivity index (χ0) is 31.6. The average Bonchev–Trinajstić information content (AvgIpc) is 3.00. The maximum Gasteiger partial charge on any atom is -0.00217 e. The lowest BCUT2D eigenvalue weighted by atomic mass is 9.89. The van der Waals surface area contributed by atoms with E-state index in [0.717, 1.165) is 11.8 Å². The fourth-order valence-electron chi connectivity index (χ4n) is 7.19. The van der Waals surface area contributed by atoms with Crippen molar-refractivity contribution in [1.82, 2.24) is 4.90 Å². The molecular weight excluding hydrogens is 518 g/mol. The van der Waals surface area contributed by atoms with E-state index >= 15 is 0 Å². The van der Waals surface area contributed by atoms with Gasteiger partial charge in [-0.3, -0.25) is 0 Å². The average molecular weight is 604 g/mol. The largest absolute Gasteiger partial charge is 0.306 e. The van der Waals surface area contributed by atoms with Crippen LogP contribution in [0.2, 0.25) is 0 Å². The molecule has 43 heavy (non-hydrogen) atoms. The second-order valence-electron chi connectivity index (χ2n) is 14.7. The van der Waals surface area contributed by atoms with Crippen molar-refractivity contribution >= 4 is 0 Å². The van der Waals surface area contributed by atoms with Gasteiger partial charge in [0.2, 0.25) is 0 Å². The van der Waals surface area contributed by atoms with Crippen LogP contribution < -0.4 is 0 Å². The highest BCUT2D eigenvalue weighted by Gasteiger charge is 2.10. The Morgan fingerprint density at radius 3 is 1.23 bits per heavy atom. The van der Waals surface area contributed by atoms with Gasteiger partial charge < -0.3 is 4.90 Å². The molecule has 0 aromatic carbocycles. The van der Waals surface area contributed by atoms with Crippen LogP contribution in [0.4, 0.5) is 0 Å². The molecule has 2 unspecified atom stereocenters. The Morgan fingerprint density at radius 2 is 0.744 bits per heavy atom. The van der Waals surface area contributed by atoms with Gasteiger partial charge in [-0.15, -0.1) is 0 Å². The van der Waals surface area contributed by atoms with Gasteiger partial charge >= 0.3 is 0 Å². The summed E-state index contributed by atoms with van der Waals surface area (Å²) in [5.41, 5.74) is 1.52. The van der Waals surface area contributed by atoms with Crippen LogP contribution >= 0.6 is 0 Å². The molecule has 0 radical (unpaired) electrons. The van der Waals surface area contributed by atoms with Crippen LogP contribution in [-0.4, -0.2) is 25.0 Å². The molecule has 0 saturated heterocycles. The van der Waals surface area contributed by atoms with E-state index in [9.17, 15) is 0 Å². The summed E-state index contributed by atoms with van der Waals surface area (Å²) in [4.78, 5) is 2.60. The molecule has 0 spiro atoms. The van der Waals surface area contributed by atoms with Gasteiger partial charge in [0, 0.05) is 0 Å². The SMILES string of the molecule is C=C(CCCCCC(CCCCCC)CCCCCCCC)CCCCN(C)CCCC(CCC)CCCCCCCC. The first-order valence-electron chi connectivity index (χ1n) is 20.4. The highest BCUT2D eigenvalue weighted by molar-refractivity contribution is 4.93. The molecule has 258 valence electrons. The zero-order valence-electron chi connectivity index (χ0n) is 31.1. The Labute approximate surface area is 275 Å². The van der Waals surface area contributed by atoms with E-state index in [1.165, 1.54) is 218 Å². The van der Waals surface area contributed by atoms with Gasteiger partial charge in [-0.25, -0.2) is 0 Å². The maximum absolute atomic E-state index is 4.45. The Kier molecular flexibility index (Phi) is 34.3. The fraction of sp³-hybridized carbons (Fsp3) is 0.952. The number of hydrogen-bond acceptors (Lipinski definition) is 1. The highest BCUT2D eigenvalue weighted by Crippen LogP contribution is 2.25. The third kappa shape index (κ3) is 31.5. The molecule has 0 N–H and O–H groups in total. The molecular formula is C42H85N. The van der Waals surface area contributed by atoms with E-state index in [0.29, 0.717) is 0 Å². The Hall–Kier alpha value is -0.300. The molecule has 1 nitrogen and oxygen atoms in total. The third-order valence-electron chi connectivity index (χ3n) is 10.2. The Bertz CT molecular complexity index is 539. The van der Waals surface area contributed by atoms with Crippen LogP contribution in [0.1, 0.15) is 227 Å². The second kappa shape index (κ2) is 34.6. The highest BCUT2D eigenvalue weighted by atomic mass is 15.1. The van der Waals surface area contributed by atoms with Crippen LogP contribution in [0, 0.1) is 11.8 Å². The number of nitrogens with zero attached hydrogens (tertiary/aromatic N) is 1. The van der Waals surface area contributed by atoms with Crippen molar-refractivity contribution in [3.63, 3.8) is 0 Å². The van der Waals surface area contributed by atoms with Crippen LogP contribution in [-0.2, 0) is 0 Å². The first-order chi connectivity index (χ1) is 21.1. The molecule has 0 fully saturated rings. The van der Waals surface area contributed by atoms with Crippen molar-refractivity contribution in [2.24, 2.45) is 11.8 Å². The molecule has 0 saturated carbocycles. The fourth-order valence-corrected chi connectivity index (χ4v) is 7.19. The lowest BCUT2D eigenvalue weighted by Gasteiger charge is -2.20. The quantitative estimate of drug-likeness (QED) is 0.0508. The number of hydrogen-bond donors (Lipinski definition) is 0. The summed E-state index contributed by atoms with van der Waals surface area (Å²) >= 11 is 0. The first-order valence-corrected chi connectivity index (χ1v) is 20.4. The van der Waals surface area contributed by atoms with Crippen molar-refractivity contribution in [3.05, 3.63) is 12.2 Å². The van der Waals surface area contributed by atoms with E-state index in [-0.39, 0.29) is 0 Å². The topological polar surface area (TPSA) is 3.24 Å². The van der Waals surface area contributed by atoms with Crippen LogP contribution in [0.3, 0.4) is 0 Å². The van der Waals surface area contributed by atoms with Crippen LogP contribution in [0.15, 0.2) is 12.2 Å². The molecule has 0 bridgehead atoms. The predicted octanol–water partition coefficient (Wildman–Crippen LogP) is 14.9. The van der Waals surface area contributed by atoms with Crippen molar-refractivity contribution in [2.45, 2.75) is 227 Å². The number of rotatable bonds is 36. The number of allylic oxidation sites excluding steroid dienone is 1. The Morgan fingerprint density at radius 1 is 0.395 bits per heavy atom. The normalized spacial score (nSPS) is 13.2. The van der Waals surface area contributed by atoms with Crippen molar-refractivity contribution in [3.8, 4) is 0 Å². The van der Waals surface area contributed by atoms with Gasteiger partial charge in [0.05, 0.1) is 0 Å². The summed E-state index contributed by atoms with van der Waals surface area (Å²) in [7, 11) is 2.35. The Balaban J connectivity index is 3.90. The van der Waals surface area contributed by atoms with Gasteiger partial charge in [0.15, 0.2) is 0 Å². The van der Waals surface area contributed by atoms with Gasteiger partial charge in [0.25, 0.3) is 0 Å². The van der Waals surface area contributed by atoms with Gasteiger partial charge in [-0.2, -0.15) is 0 Å². The molecule has 0 amide bonds. The van der Waals surface area contributed by atoms with E-state index in [1.54, 1.807) is 0 Å². The van der Waals surface area contributed by atoms with Gasteiger partial charge in [-0.1, -0.05) is 194 Å². The maximum atomic E-state index is 4.45. The van der Waals surface area contributed by atoms with Crippen molar-refractivity contribution in [2.75, 3.05) is 20.1 Å². The van der Waals surface area contributed by atoms with E-state index in [2.05, 4.69) is 46.2 Å². The lowest BCUT2D eigenvalue weighted by Crippen LogP contribution is -2.21. The van der Waals surface area contributed by atoms with E-state index in [1.807, 2.05) is 0 Å². The monoisotopic (exact) mass is 604 g/mol. The molecule has 0 aliphatic rings. The summed E-state index contributed by atoms with van der Waals surface area (Å²) in [6.07, 6.45) is 44.0. The van der Waals surface area contributed by atoms with Crippen LogP contribution in [0.5, 0.6) is 0 Å². The zero-order valence-corrected chi connectivity index (χ0v) is 31.1. The molecule has 0 aromatic heterocycles. The summed E-state index contributed by atoms with van der Waals surface area (Å²) in [6.45, 7) is 16.4. The van der Waals surface area contributed by atoms with Crippen molar-refractivity contribution < 1.29 is 0 Å². The predicted molar refractivity (Wildman–Crippen MR) is 199 cm³/mol. The summed E-state index contributed by atoms with van der Waals surface area (Å²) < 4.78 is 0. The molecule has 0 heterocycles. The molecule has 0 rings (SSSR count). The van der Waals surface area contributed by atoms with E-state index < -0.39 is 0 Å². The molecule has 0 aliphatic heterocycles. The standard InChI is InChI=1S/C42H85N/c1-7-11-14-17-19-24-33-41(30-10-4)37-29-39-43(6)38-28-27-32-40(5)31-22-21-26-36-42(34-23-16-13-9-3)35-25-20-18-15-12-8-2/h41-42H,5,7-39H2,1-4,6H3. The van der Waals surface area contributed by atoms with E-state index in [4.69, 9.17) is 0 Å². The first kappa shape index (κ1) is 42.7. The molecule has 0 aromatic rings. The molecule has 2 atom stereocenters. The lowest BCUT2D eigenvalue weighted by molar-refractivity contribution is 0.295. The minimum atomic E-state index is 0.977. The van der Waals surface area contributed by atoms with Crippen LogP contribution in [0.25, 0.3) is 0 Å². The van der Waals surface area contributed by atoms with Crippen molar-refractivity contribution in [1.29, 1.82) is 0 Å². The van der Waals surface area contributed by atoms with Gasteiger partial charge in [0.1, 0.15) is 0 Å². The minimum Gasteiger partial charge on any atom is -0.306 e.